The van der Waals surface area contributed by atoms with Crippen molar-refractivity contribution < 1.29 is 17.9 Å². The molecule has 9 heteroatoms. The van der Waals surface area contributed by atoms with E-state index in [1.807, 2.05) is 6.92 Å². The molecule has 1 unspecified atom stereocenters. The SMILES string of the molecule is CCn1cc(S(=O)(=O)N2CCOC3(CNCCOC3)C2)cn1. The minimum Gasteiger partial charge on any atom is -0.377 e. The number of ether oxygens (including phenoxy) is 2. The second-order valence-electron chi connectivity index (χ2n) is 5.63. The Morgan fingerprint density at radius 1 is 1.45 bits per heavy atom. The van der Waals surface area contributed by atoms with Crippen LogP contribution in [0.15, 0.2) is 17.3 Å². The Balaban J connectivity index is 1.81. The minimum atomic E-state index is -3.55. The zero-order valence-corrected chi connectivity index (χ0v) is 13.5. The zero-order chi connectivity index (χ0) is 15.6. The molecule has 8 nitrogen and oxygen atoms in total. The second-order valence-corrected chi connectivity index (χ2v) is 7.57. The molecule has 1 aromatic rings. The number of morpholine rings is 1. The average molecular weight is 330 g/mol. The predicted molar refractivity (Wildman–Crippen MR) is 79.0 cm³/mol. The lowest BCUT2D eigenvalue weighted by Crippen LogP contribution is -2.59. The molecule has 2 aliphatic rings. The lowest BCUT2D eigenvalue weighted by molar-refractivity contribution is -0.118. The van der Waals surface area contributed by atoms with E-state index in [9.17, 15) is 8.42 Å². The third kappa shape index (κ3) is 3.04. The van der Waals surface area contributed by atoms with Crippen molar-refractivity contribution in [3.63, 3.8) is 0 Å². The first kappa shape index (κ1) is 15.9. The maximum atomic E-state index is 12.8. The lowest BCUT2D eigenvalue weighted by Gasteiger charge is -2.40. The Morgan fingerprint density at radius 2 is 2.32 bits per heavy atom. The summed E-state index contributed by atoms with van der Waals surface area (Å²) in [6, 6.07) is 0. The van der Waals surface area contributed by atoms with Crippen molar-refractivity contribution in [3.8, 4) is 0 Å². The number of hydrogen-bond donors (Lipinski definition) is 1. The first-order valence-electron chi connectivity index (χ1n) is 7.51. The molecule has 3 heterocycles. The number of aryl methyl sites for hydroxylation is 1. The summed E-state index contributed by atoms with van der Waals surface area (Å²) in [5, 5.41) is 7.30. The van der Waals surface area contributed by atoms with Crippen LogP contribution in [0.25, 0.3) is 0 Å². The molecule has 1 aromatic heterocycles. The van der Waals surface area contributed by atoms with Gasteiger partial charge >= 0.3 is 0 Å². The van der Waals surface area contributed by atoms with E-state index in [0.717, 1.165) is 6.54 Å². The first-order valence-corrected chi connectivity index (χ1v) is 8.95. The lowest BCUT2D eigenvalue weighted by atomic mass is 10.0. The number of rotatable bonds is 3. The molecule has 22 heavy (non-hydrogen) atoms. The van der Waals surface area contributed by atoms with E-state index in [1.54, 1.807) is 10.9 Å². The van der Waals surface area contributed by atoms with Crippen LogP contribution in [0.4, 0.5) is 0 Å². The second kappa shape index (κ2) is 6.25. The van der Waals surface area contributed by atoms with Gasteiger partial charge in [0.1, 0.15) is 10.5 Å². The summed E-state index contributed by atoms with van der Waals surface area (Å²) in [7, 11) is -3.55. The van der Waals surface area contributed by atoms with Crippen LogP contribution in [0.1, 0.15) is 6.92 Å². The number of nitrogens with zero attached hydrogens (tertiary/aromatic N) is 3. The highest BCUT2D eigenvalue weighted by atomic mass is 32.2. The van der Waals surface area contributed by atoms with Gasteiger partial charge < -0.3 is 14.8 Å². The van der Waals surface area contributed by atoms with E-state index in [1.165, 1.54) is 10.5 Å². The quantitative estimate of drug-likeness (QED) is 0.787. The number of hydrogen-bond acceptors (Lipinski definition) is 6. The highest BCUT2D eigenvalue weighted by molar-refractivity contribution is 7.89. The van der Waals surface area contributed by atoms with E-state index in [4.69, 9.17) is 9.47 Å². The fourth-order valence-corrected chi connectivity index (χ4v) is 4.23. The average Bonchev–Trinajstić information content (AvgIpc) is 2.91. The Labute approximate surface area is 130 Å². The van der Waals surface area contributed by atoms with Crippen LogP contribution < -0.4 is 5.32 Å². The molecule has 0 aromatic carbocycles. The smallest absolute Gasteiger partial charge is 0.246 e. The van der Waals surface area contributed by atoms with Crippen LogP contribution in [0, 0.1) is 0 Å². The molecule has 1 N–H and O–H groups in total. The molecule has 124 valence electrons. The summed E-state index contributed by atoms with van der Waals surface area (Å²) in [6.45, 7) is 5.92. The Kier molecular flexibility index (Phi) is 4.51. The molecule has 2 aliphatic heterocycles. The largest absolute Gasteiger partial charge is 0.377 e. The van der Waals surface area contributed by atoms with Gasteiger partial charge in [0.25, 0.3) is 0 Å². The summed E-state index contributed by atoms with van der Waals surface area (Å²) in [6.07, 6.45) is 2.97. The third-order valence-corrected chi connectivity index (χ3v) is 5.82. The van der Waals surface area contributed by atoms with Crippen molar-refractivity contribution in [1.29, 1.82) is 0 Å². The standard InChI is InChI=1S/C13H22N4O4S/c1-2-16-8-12(7-15-16)22(18,19)17-4-6-21-13(10-17)9-14-3-5-20-11-13/h7-8,14H,2-6,9-11H2,1H3. The normalized spacial score (nSPS) is 27.9. The highest BCUT2D eigenvalue weighted by Crippen LogP contribution is 2.25. The number of nitrogens with one attached hydrogen (secondary N) is 1. The van der Waals surface area contributed by atoms with Gasteiger partial charge in [-0.15, -0.1) is 0 Å². The summed E-state index contributed by atoms with van der Waals surface area (Å²) < 4.78 is 40.1. The van der Waals surface area contributed by atoms with Crippen LogP contribution in [-0.2, 0) is 26.0 Å². The first-order chi connectivity index (χ1) is 10.6. The van der Waals surface area contributed by atoms with Gasteiger partial charge in [-0.1, -0.05) is 0 Å². The molecule has 0 aliphatic carbocycles. The van der Waals surface area contributed by atoms with Crippen LogP contribution >= 0.6 is 0 Å². The molecule has 2 saturated heterocycles. The third-order valence-electron chi connectivity index (χ3n) is 4.02. The van der Waals surface area contributed by atoms with Crippen molar-refractivity contribution in [1.82, 2.24) is 19.4 Å². The minimum absolute atomic E-state index is 0.230. The molecule has 2 fully saturated rings. The van der Waals surface area contributed by atoms with E-state index >= 15 is 0 Å². The summed E-state index contributed by atoms with van der Waals surface area (Å²) >= 11 is 0. The maximum absolute atomic E-state index is 12.8. The Morgan fingerprint density at radius 3 is 3.09 bits per heavy atom. The molecular weight excluding hydrogens is 308 g/mol. The molecule has 1 spiro atoms. The maximum Gasteiger partial charge on any atom is 0.246 e. The van der Waals surface area contributed by atoms with E-state index in [-0.39, 0.29) is 4.90 Å². The number of aromatic nitrogens is 2. The van der Waals surface area contributed by atoms with Gasteiger partial charge in [0.15, 0.2) is 0 Å². The molecule has 0 saturated carbocycles. The fourth-order valence-electron chi connectivity index (χ4n) is 2.78. The van der Waals surface area contributed by atoms with Crippen LogP contribution in [-0.4, -0.2) is 74.1 Å². The van der Waals surface area contributed by atoms with Gasteiger partial charge in [-0.05, 0) is 6.92 Å². The molecule has 1 atom stereocenters. The van der Waals surface area contributed by atoms with Gasteiger partial charge in [-0.2, -0.15) is 9.40 Å². The molecule has 3 rings (SSSR count). The highest BCUT2D eigenvalue weighted by Gasteiger charge is 2.42. The Bertz CT molecular complexity index is 607. The molecule has 0 radical (unpaired) electrons. The van der Waals surface area contributed by atoms with Crippen LogP contribution in [0.3, 0.4) is 0 Å². The zero-order valence-electron chi connectivity index (χ0n) is 12.7. The fraction of sp³-hybridized carbons (Fsp3) is 0.769. The van der Waals surface area contributed by atoms with Crippen molar-refractivity contribution in [2.45, 2.75) is 24.0 Å². The summed E-state index contributed by atoms with van der Waals surface area (Å²) in [4.78, 5) is 0.230. The van der Waals surface area contributed by atoms with Crippen molar-refractivity contribution in [3.05, 3.63) is 12.4 Å². The van der Waals surface area contributed by atoms with Crippen molar-refractivity contribution in [2.75, 3.05) is 46.0 Å². The molecule has 0 amide bonds. The number of sulfonamides is 1. The van der Waals surface area contributed by atoms with Gasteiger partial charge in [0, 0.05) is 38.9 Å². The van der Waals surface area contributed by atoms with E-state index in [2.05, 4.69) is 10.4 Å². The van der Waals surface area contributed by atoms with Crippen molar-refractivity contribution >= 4 is 10.0 Å². The van der Waals surface area contributed by atoms with Gasteiger partial charge in [-0.3, -0.25) is 4.68 Å². The molecular formula is C13H22N4O4S. The van der Waals surface area contributed by atoms with E-state index < -0.39 is 15.6 Å². The topological polar surface area (TPSA) is 85.7 Å². The Hall–Kier alpha value is -1.00. The summed E-state index contributed by atoms with van der Waals surface area (Å²) in [5.41, 5.74) is -0.609. The van der Waals surface area contributed by atoms with Gasteiger partial charge in [0.2, 0.25) is 10.0 Å². The van der Waals surface area contributed by atoms with Crippen LogP contribution in [0.2, 0.25) is 0 Å². The van der Waals surface area contributed by atoms with Crippen LogP contribution in [0.5, 0.6) is 0 Å². The van der Waals surface area contributed by atoms with E-state index in [0.29, 0.717) is 46.0 Å². The summed E-state index contributed by atoms with van der Waals surface area (Å²) in [5.74, 6) is 0. The van der Waals surface area contributed by atoms with Gasteiger partial charge in [0.05, 0.1) is 26.0 Å². The van der Waals surface area contributed by atoms with Crippen molar-refractivity contribution in [2.24, 2.45) is 0 Å². The molecule has 0 bridgehead atoms. The predicted octanol–water partition coefficient (Wildman–Crippen LogP) is -0.717. The van der Waals surface area contributed by atoms with Gasteiger partial charge in [-0.25, -0.2) is 8.42 Å². The monoisotopic (exact) mass is 330 g/mol.